The largest absolute Gasteiger partial charge is 0.309 e. The molecule has 5 aromatic carbocycles. The summed E-state index contributed by atoms with van der Waals surface area (Å²) in [6, 6.07) is 33.7. The van der Waals surface area contributed by atoms with E-state index in [9.17, 15) is 0 Å². The Bertz CT molecular complexity index is 1900. The Morgan fingerprint density at radius 2 is 1.18 bits per heavy atom. The third kappa shape index (κ3) is 3.42. The molecule has 1 aliphatic heterocycles. The Hall–Kier alpha value is -3.10. The van der Waals surface area contributed by atoms with Crippen LogP contribution in [0.2, 0.25) is 0 Å². The van der Waals surface area contributed by atoms with Gasteiger partial charge >= 0.3 is 0 Å². The van der Waals surface area contributed by atoms with Gasteiger partial charge in [0.25, 0.3) is 0 Å². The summed E-state index contributed by atoms with van der Waals surface area (Å²) >= 11 is 8.55. The number of fused-ring (bicyclic) bond motifs is 5. The summed E-state index contributed by atoms with van der Waals surface area (Å²) in [5, 5.41) is 6.52. The van der Waals surface area contributed by atoms with Crippen molar-refractivity contribution in [2.75, 3.05) is 0 Å². The van der Waals surface area contributed by atoms with Crippen LogP contribution in [0.25, 0.3) is 27.5 Å². The van der Waals surface area contributed by atoms with Crippen molar-refractivity contribution >= 4 is 67.3 Å². The van der Waals surface area contributed by atoms with Gasteiger partial charge in [-0.2, -0.15) is 0 Å². The number of benzene rings is 5. The minimum Gasteiger partial charge on any atom is -0.309 e. The number of nitrogens with zero attached hydrogens (tertiary/aromatic N) is 1. The van der Waals surface area contributed by atoms with Gasteiger partial charge in [-0.25, -0.2) is 0 Å². The molecule has 7 rings (SSSR count). The number of hydrogen-bond acceptors (Lipinski definition) is 2. The maximum Gasteiger partial charge on any atom is 0.0570 e. The molecule has 0 N–H and O–H groups in total. The standard InChI is InChI=1S/C34H28NPS2/c1-21-16-23(3)33-27(18-21)28-19-22(2)17-24(4)34(28)35(33)25-14-15-30-32(20-25)38-31-13-9-8-12-29(31)36(30,37)26-10-6-5-7-11-26/h5-20H,1-4H3. The summed E-state index contributed by atoms with van der Waals surface area (Å²) in [5.74, 6) is 0. The molecule has 0 aliphatic carbocycles. The van der Waals surface area contributed by atoms with E-state index in [1.165, 1.54) is 75.5 Å². The van der Waals surface area contributed by atoms with Gasteiger partial charge < -0.3 is 4.57 Å². The second-order valence-corrected chi connectivity index (χ2v) is 15.9. The molecule has 0 saturated carbocycles. The van der Waals surface area contributed by atoms with Gasteiger partial charge in [0.05, 0.1) is 11.0 Å². The lowest BCUT2D eigenvalue weighted by molar-refractivity contribution is 1.14. The highest BCUT2D eigenvalue weighted by atomic mass is 32.4. The molecule has 1 aliphatic rings. The third-order valence-electron chi connectivity index (χ3n) is 7.71. The summed E-state index contributed by atoms with van der Waals surface area (Å²) < 4.78 is 2.49. The van der Waals surface area contributed by atoms with E-state index < -0.39 is 6.04 Å². The number of rotatable bonds is 2. The molecule has 1 aromatic heterocycles. The van der Waals surface area contributed by atoms with Crippen molar-refractivity contribution in [3.63, 3.8) is 0 Å². The minimum absolute atomic E-state index is 1.20. The molecule has 0 bridgehead atoms. The van der Waals surface area contributed by atoms with E-state index in [1.54, 1.807) is 0 Å². The normalized spacial score (nSPS) is 16.5. The van der Waals surface area contributed by atoms with Crippen LogP contribution < -0.4 is 15.9 Å². The lowest BCUT2D eigenvalue weighted by atomic mass is 10.0. The van der Waals surface area contributed by atoms with Crippen LogP contribution in [0.5, 0.6) is 0 Å². The Kier molecular flexibility index (Phi) is 5.50. The number of aromatic nitrogens is 1. The van der Waals surface area contributed by atoms with Crippen molar-refractivity contribution in [2.45, 2.75) is 37.5 Å². The number of hydrogen-bond donors (Lipinski definition) is 0. The first kappa shape index (κ1) is 24.0. The van der Waals surface area contributed by atoms with E-state index in [-0.39, 0.29) is 0 Å². The molecule has 2 heterocycles. The molecule has 0 radical (unpaired) electrons. The second kappa shape index (κ2) is 8.71. The average molecular weight is 546 g/mol. The molecule has 38 heavy (non-hydrogen) atoms. The molecule has 4 heteroatoms. The summed E-state index contributed by atoms with van der Waals surface area (Å²) in [6.45, 7) is 8.88. The number of aryl methyl sites for hydroxylation is 4. The third-order valence-corrected chi connectivity index (χ3v) is 14.1. The molecule has 6 aromatic rings. The summed E-state index contributed by atoms with van der Waals surface area (Å²) in [5.41, 5.74) is 9.00. The van der Waals surface area contributed by atoms with E-state index in [4.69, 9.17) is 11.8 Å². The van der Waals surface area contributed by atoms with Gasteiger partial charge in [-0.15, -0.1) is 0 Å². The predicted molar refractivity (Wildman–Crippen MR) is 170 cm³/mol. The Labute approximate surface area is 233 Å². The summed E-state index contributed by atoms with van der Waals surface area (Å²) in [7, 11) is 0. The zero-order chi connectivity index (χ0) is 26.2. The van der Waals surface area contributed by atoms with Crippen molar-refractivity contribution < 1.29 is 0 Å². The van der Waals surface area contributed by atoms with Crippen molar-refractivity contribution in [1.29, 1.82) is 0 Å². The fraction of sp³-hybridized carbons (Fsp3) is 0.118. The van der Waals surface area contributed by atoms with Crippen LogP contribution >= 0.6 is 17.8 Å². The molecule has 1 nitrogen and oxygen atoms in total. The summed E-state index contributed by atoms with van der Waals surface area (Å²) in [6.07, 6.45) is 0. The average Bonchev–Trinajstić information content (AvgIpc) is 3.24. The topological polar surface area (TPSA) is 4.93 Å². The van der Waals surface area contributed by atoms with Gasteiger partial charge in [0, 0.05) is 42.9 Å². The van der Waals surface area contributed by atoms with Gasteiger partial charge in [0.1, 0.15) is 0 Å². The van der Waals surface area contributed by atoms with Crippen LogP contribution in [0.15, 0.2) is 107 Å². The minimum atomic E-state index is -2.17. The van der Waals surface area contributed by atoms with Crippen LogP contribution in [-0.2, 0) is 11.8 Å². The van der Waals surface area contributed by atoms with Crippen molar-refractivity contribution in [2.24, 2.45) is 0 Å². The highest BCUT2D eigenvalue weighted by molar-refractivity contribution is 8.26. The molecule has 1 unspecified atom stereocenters. The molecule has 0 fully saturated rings. The van der Waals surface area contributed by atoms with Crippen molar-refractivity contribution in [1.82, 2.24) is 4.57 Å². The first-order valence-electron chi connectivity index (χ1n) is 13.0. The summed E-state index contributed by atoms with van der Waals surface area (Å²) in [4.78, 5) is 2.56. The fourth-order valence-corrected chi connectivity index (χ4v) is 12.7. The SMILES string of the molecule is Cc1cc(C)c2c(c1)c1cc(C)cc(C)c1n2-c1ccc2c(c1)Sc1ccccc1P2(=S)c1ccccc1. The Morgan fingerprint density at radius 1 is 0.605 bits per heavy atom. The molecule has 0 amide bonds. The lowest BCUT2D eigenvalue weighted by Crippen LogP contribution is -2.30. The van der Waals surface area contributed by atoms with Gasteiger partial charge in [-0.05, 0) is 80.5 Å². The predicted octanol–water partition coefficient (Wildman–Crippen LogP) is 8.24. The second-order valence-electron chi connectivity index (χ2n) is 10.5. The van der Waals surface area contributed by atoms with E-state index in [2.05, 4.69) is 129 Å². The monoisotopic (exact) mass is 545 g/mol. The fourth-order valence-electron chi connectivity index (χ4n) is 6.25. The van der Waals surface area contributed by atoms with Crippen LogP contribution in [0.4, 0.5) is 0 Å². The smallest absolute Gasteiger partial charge is 0.0570 e. The van der Waals surface area contributed by atoms with Gasteiger partial charge in [-0.1, -0.05) is 95.4 Å². The van der Waals surface area contributed by atoms with Gasteiger partial charge in [0.2, 0.25) is 0 Å². The first-order valence-corrected chi connectivity index (χ1v) is 16.6. The Morgan fingerprint density at radius 3 is 1.84 bits per heavy atom. The lowest BCUT2D eigenvalue weighted by Gasteiger charge is -2.32. The zero-order valence-electron chi connectivity index (χ0n) is 21.9. The van der Waals surface area contributed by atoms with Crippen LogP contribution in [-0.4, -0.2) is 4.57 Å². The van der Waals surface area contributed by atoms with E-state index >= 15 is 0 Å². The Balaban J connectivity index is 1.55. The molecular formula is C34H28NPS2. The molecule has 0 saturated heterocycles. The van der Waals surface area contributed by atoms with Crippen LogP contribution in [0.1, 0.15) is 22.3 Å². The van der Waals surface area contributed by atoms with Gasteiger partial charge in [0.15, 0.2) is 0 Å². The van der Waals surface area contributed by atoms with Crippen molar-refractivity contribution in [3.05, 3.63) is 119 Å². The van der Waals surface area contributed by atoms with E-state index in [0.29, 0.717) is 0 Å². The van der Waals surface area contributed by atoms with Gasteiger partial charge in [-0.3, -0.25) is 0 Å². The first-order chi connectivity index (χ1) is 18.4. The van der Waals surface area contributed by atoms with E-state index in [1.807, 2.05) is 11.8 Å². The van der Waals surface area contributed by atoms with Crippen LogP contribution in [0.3, 0.4) is 0 Å². The maximum atomic E-state index is 6.69. The highest BCUT2D eigenvalue weighted by Crippen LogP contribution is 2.53. The molecule has 186 valence electrons. The molecular weight excluding hydrogens is 517 g/mol. The van der Waals surface area contributed by atoms with Crippen LogP contribution in [0, 0.1) is 27.7 Å². The quantitative estimate of drug-likeness (QED) is 0.202. The van der Waals surface area contributed by atoms with E-state index in [0.717, 1.165) is 0 Å². The molecule has 0 spiro atoms. The zero-order valence-corrected chi connectivity index (χ0v) is 24.5. The maximum absolute atomic E-state index is 6.69. The van der Waals surface area contributed by atoms with Crippen molar-refractivity contribution in [3.8, 4) is 5.69 Å². The molecule has 1 atom stereocenters. The highest BCUT2D eigenvalue weighted by Gasteiger charge is 2.34.